The SMILES string of the molecule is CS(=O)(=O)N=C1CCN(CCOc2cc(C(F)(F)F)ccc2-c2cc(=O)c3cccc(Cl)c3o2)CC1. The van der Waals surface area contributed by atoms with E-state index in [4.69, 9.17) is 20.8 Å². The number of para-hydroxylation sites is 1. The number of hydrogen-bond acceptors (Lipinski definition) is 6. The van der Waals surface area contributed by atoms with Crippen LogP contribution in [0.3, 0.4) is 0 Å². The van der Waals surface area contributed by atoms with Crippen molar-refractivity contribution in [3.05, 3.63) is 63.3 Å². The molecule has 1 aromatic heterocycles. The van der Waals surface area contributed by atoms with Crippen molar-refractivity contribution in [2.45, 2.75) is 19.0 Å². The first-order valence-corrected chi connectivity index (χ1v) is 13.2. The quantitative estimate of drug-likeness (QED) is 0.435. The van der Waals surface area contributed by atoms with Crippen molar-refractivity contribution in [2.24, 2.45) is 4.40 Å². The van der Waals surface area contributed by atoms with Gasteiger partial charge in [-0.05, 0) is 43.2 Å². The summed E-state index contributed by atoms with van der Waals surface area (Å²) < 4.78 is 78.1. The molecular formula is C24H22ClF3N2O5S. The summed E-state index contributed by atoms with van der Waals surface area (Å²) in [6.07, 6.45) is -2.60. The Hall–Kier alpha value is -2.89. The maximum atomic E-state index is 13.4. The summed E-state index contributed by atoms with van der Waals surface area (Å²) >= 11 is 6.17. The molecule has 0 radical (unpaired) electrons. The molecule has 0 saturated carbocycles. The maximum Gasteiger partial charge on any atom is 0.416 e. The van der Waals surface area contributed by atoms with Gasteiger partial charge in [0.25, 0.3) is 0 Å². The molecule has 0 aliphatic carbocycles. The Morgan fingerprint density at radius 2 is 1.86 bits per heavy atom. The predicted molar refractivity (Wildman–Crippen MR) is 131 cm³/mol. The molecule has 0 unspecified atom stereocenters. The highest BCUT2D eigenvalue weighted by atomic mass is 35.5. The Morgan fingerprint density at radius 3 is 2.53 bits per heavy atom. The van der Waals surface area contributed by atoms with E-state index >= 15 is 0 Å². The minimum atomic E-state index is -4.59. The first-order chi connectivity index (χ1) is 16.9. The van der Waals surface area contributed by atoms with E-state index in [1.807, 2.05) is 4.90 Å². The molecule has 1 saturated heterocycles. The summed E-state index contributed by atoms with van der Waals surface area (Å²) in [6, 6.07) is 8.86. The monoisotopic (exact) mass is 542 g/mol. The second-order valence-corrected chi connectivity index (χ2v) is 10.4. The highest BCUT2D eigenvalue weighted by Gasteiger charge is 2.32. The molecule has 2 aromatic carbocycles. The van der Waals surface area contributed by atoms with E-state index in [9.17, 15) is 26.4 Å². The van der Waals surface area contributed by atoms with Crippen molar-refractivity contribution < 1.29 is 30.7 Å². The van der Waals surface area contributed by atoms with E-state index in [2.05, 4.69) is 4.40 Å². The van der Waals surface area contributed by atoms with E-state index < -0.39 is 21.8 Å². The standard InChI is InChI=1S/C24H22ClF3N2O5S/c1-36(32,33)29-16-7-9-30(10-8-16)11-12-34-21-13-15(24(26,27)28)5-6-18(21)22-14-20(31)17-3-2-4-19(25)23(17)35-22/h2-6,13-14H,7-12H2,1H3. The molecule has 0 bridgehead atoms. The molecule has 2 heterocycles. The summed E-state index contributed by atoms with van der Waals surface area (Å²) in [4.78, 5) is 14.6. The van der Waals surface area contributed by atoms with Gasteiger partial charge in [0.15, 0.2) is 11.0 Å². The Bertz CT molecular complexity index is 1480. The van der Waals surface area contributed by atoms with Crippen molar-refractivity contribution in [1.29, 1.82) is 0 Å². The Balaban J connectivity index is 1.57. The van der Waals surface area contributed by atoms with Gasteiger partial charge in [0.05, 0.1) is 27.8 Å². The lowest BCUT2D eigenvalue weighted by Crippen LogP contribution is -2.36. The van der Waals surface area contributed by atoms with Crippen LogP contribution in [0.2, 0.25) is 5.02 Å². The van der Waals surface area contributed by atoms with Gasteiger partial charge >= 0.3 is 6.18 Å². The summed E-state index contributed by atoms with van der Waals surface area (Å²) in [6.45, 7) is 1.55. The molecule has 3 aromatic rings. The van der Waals surface area contributed by atoms with E-state index in [0.717, 1.165) is 18.4 Å². The van der Waals surface area contributed by atoms with Crippen molar-refractivity contribution in [2.75, 3.05) is 32.5 Å². The van der Waals surface area contributed by atoms with Crippen molar-refractivity contribution in [1.82, 2.24) is 4.90 Å². The third-order valence-electron chi connectivity index (χ3n) is 5.67. The van der Waals surface area contributed by atoms with Crippen LogP contribution in [0.25, 0.3) is 22.3 Å². The molecule has 1 aliphatic rings. The van der Waals surface area contributed by atoms with Crippen molar-refractivity contribution in [3.63, 3.8) is 0 Å². The number of ether oxygens (including phenoxy) is 1. The highest BCUT2D eigenvalue weighted by molar-refractivity contribution is 7.89. The van der Waals surface area contributed by atoms with Crippen molar-refractivity contribution in [3.8, 4) is 17.1 Å². The minimum Gasteiger partial charge on any atom is -0.491 e. The molecule has 0 amide bonds. The molecule has 192 valence electrons. The van der Waals surface area contributed by atoms with Gasteiger partial charge in [0, 0.05) is 31.4 Å². The first kappa shape index (κ1) is 26.2. The third kappa shape index (κ3) is 6.26. The summed E-state index contributed by atoms with van der Waals surface area (Å²) in [7, 11) is -3.45. The number of halogens is 4. The van der Waals surface area contributed by atoms with Crippen LogP contribution in [0.4, 0.5) is 13.2 Å². The molecule has 12 heteroatoms. The van der Waals surface area contributed by atoms with Crippen LogP contribution < -0.4 is 10.2 Å². The topological polar surface area (TPSA) is 89.2 Å². The zero-order valence-electron chi connectivity index (χ0n) is 19.1. The second-order valence-electron chi connectivity index (χ2n) is 8.38. The largest absolute Gasteiger partial charge is 0.491 e. The van der Waals surface area contributed by atoms with E-state index in [0.29, 0.717) is 38.2 Å². The molecule has 0 N–H and O–H groups in total. The molecule has 0 spiro atoms. The smallest absolute Gasteiger partial charge is 0.416 e. The lowest BCUT2D eigenvalue weighted by atomic mass is 10.1. The number of nitrogens with zero attached hydrogens (tertiary/aromatic N) is 2. The van der Waals surface area contributed by atoms with E-state index in [1.54, 1.807) is 18.2 Å². The summed E-state index contributed by atoms with van der Waals surface area (Å²) in [5.41, 5.74) is -0.378. The molecule has 36 heavy (non-hydrogen) atoms. The molecule has 4 rings (SSSR count). The zero-order chi connectivity index (χ0) is 26.1. The number of fused-ring (bicyclic) bond motifs is 1. The van der Waals surface area contributed by atoms with Crippen LogP contribution in [-0.2, 0) is 16.2 Å². The molecule has 1 aliphatic heterocycles. The fraction of sp³-hybridized carbons (Fsp3) is 0.333. The number of benzene rings is 2. The summed E-state index contributed by atoms with van der Waals surface area (Å²) in [5.74, 6) is -0.0559. The van der Waals surface area contributed by atoms with Crippen LogP contribution in [0.1, 0.15) is 18.4 Å². The molecular weight excluding hydrogens is 521 g/mol. The first-order valence-electron chi connectivity index (χ1n) is 11.0. The van der Waals surface area contributed by atoms with Crippen LogP contribution >= 0.6 is 11.6 Å². The number of alkyl halides is 3. The molecule has 1 fully saturated rings. The average molecular weight is 543 g/mol. The zero-order valence-corrected chi connectivity index (χ0v) is 20.7. The number of sulfonamides is 1. The van der Waals surface area contributed by atoms with Crippen molar-refractivity contribution >= 4 is 38.3 Å². The summed E-state index contributed by atoms with van der Waals surface area (Å²) in [5, 5.41) is 0.453. The molecule has 7 nitrogen and oxygen atoms in total. The lowest BCUT2D eigenvalue weighted by Gasteiger charge is -2.27. The van der Waals surface area contributed by atoms with Gasteiger partial charge < -0.3 is 9.15 Å². The van der Waals surface area contributed by atoms with E-state index in [1.165, 1.54) is 12.1 Å². The lowest BCUT2D eigenvalue weighted by molar-refractivity contribution is -0.137. The van der Waals surface area contributed by atoms with Crippen LogP contribution in [0, 0.1) is 0 Å². The third-order valence-corrected chi connectivity index (χ3v) is 6.56. The number of piperidine rings is 1. The fourth-order valence-electron chi connectivity index (χ4n) is 3.94. The van der Waals surface area contributed by atoms with Crippen LogP contribution in [0.5, 0.6) is 5.75 Å². The fourth-order valence-corrected chi connectivity index (χ4v) is 4.81. The van der Waals surface area contributed by atoms with Crippen LogP contribution in [-0.4, -0.2) is 51.5 Å². The van der Waals surface area contributed by atoms with Gasteiger partial charge in [-0.15, -0.1) is 0 Å². The second kappa shape index (κ2) is 10.2. The minimum absolute atomic E-state index is 0.0314. The van der Waals surface area contributed by atoms with Gasteiger partial charge in [-0.2, -0.15) is 17.6 Å². The van der Waals surface area contributed by atoms with Gasteiger partial charge in [0.2, 0.25) is 10.0 Å². The predicted octanol–water partition coefficient (Wildman–Crippen LogP) is 5.01. The van der Waals surface area contributed by atoms with Gasteiger partial charge in [0.1, 0.15) is 18.1 Å². The van der Waals surface area contributed by atoms with Crippen LogP contribution in [0.15, 0.2) is 56.1 Å². The van der Waals surface area contributed by atoms with Gasteiger partial charge in [-0.25, -0.2) is 8.42 Å². The van der Waals surface area contributed by atoms with E-state index in [-0.39, 0.29) is 45.1 Å². The Labute approximate surface area is 210 Å². The Kier molecular flexibility index (Phi) is 7.44. The number of rotatable bonds is 6. The van der Waals surface area contributed by atoms with Gasteiger partial charge in [-0.3, -0.25) is 9.69 Å². The van der Waals surface area contributed by atoms with Gasteiger partial charge in [-0.1, -0.05) is 17.7 Å². The number of hydrogen-bond donors (Lipinski definition) is 0. The highest BCUT2D eigenvalue weighted by Crippen LogP contribution is 2.38. The average Bonchev–Trinajstić information content (AvgIpc) is 2.79. The number of likely N-dealkylation sites (tertiary alicyclic amines) is 1. The molecule has 0 atom stereocenters. The maximum absolute atomic E-state index is 13.4. The normalized spacial score (nSPS) is 15.3. The Morgan fingerprint density at radius 1 is 1.14 bits per heavy atom.